The SMILES string of the molecule is COC1CC(c2cccc(-n3cc4c(C(F)(F)F)cc(CN5CCC[C@H](C)C5)cn4c3=O)c2)(C2NNCN2C)C1. The minimum Gasteiger partial charge on any atom is -0.381 e. The molecule has 2 aliphatic heterocycles. The largest absolute Gasteiger partial charge is 0.418 e. The number of fused-ring (bicyclic) bond motifs is 1. The van der Waals surface area contributed by atoms with Crippen molar-refractivity contribution < 1.29 is 17.9 Å². The van der Waals surface area contributed by atoms with Crippen LogP contribution in [0.3, 0.4) is 0 Å². The van der Waals surface area contributed by atoms with Gasteiger partial charge in [0.05, 0.1) is 35.7 Å². The monoisotopic (exact) mass is 558 g/mol. The van der Waals surface area contributed by atoms with Gasteiger partial charge in [-0.15, -0.1) is 0 Å². The summed E-state index contributed by atoms with van der Waals surface area (Å²) in [4.78, 5) is 18.0. The number of pyridine rings is 1. The van der Waals surface area contributed by atoms with Gasteiger partial charge in [0.1, 0.15) is 0 Å². The lowest BCUT2D eigenvalue weighted by Gasteiger charge is -2.52. The predicted molar refractivity (Wildman–Crippen MR) is 146 cm³/mol. The summed E-state index contributed by atoms with van der Waals surface area (Å²) in [5, 5.41) is 0. The first-order valence-electron chi connectivity index (χ1n) is 14.0. The molecule has 3 fully saturated rings. The van der Waals surface area contributed by atoms with Crippen molar-refractivity contribution in [2.24, 2.45) is 5.92 Å². The Morgan fingerprint density at radius 2 is 1.98 bits per heavy atom. The highest BCUT2D eigenvalue weighted by molar-refractivity contribution is 5.58. The highest BCUT2D eigenvalue weighted by Crippen LogP contribution is 2.49. The smallest absolute Gasteiger partial charge is 0.381 e. The first-order valence-corrected chi connectivity index (χ1v) is 14.0. The van der Waals surface area contributed by atoms with Gasteiger partial charge in [0.15, 0.2) is 0 Å². The van der Waals surface area contributed by atoms with Gasteiger partial charge in [0, 0.05) is 38.0 Å². The number of hydrazine groups is 1. The van der Waals surface area contributed by atoms with Gasteiger partial charge >= 0.3 is 11.9 Å². The van der Waals surface area contributed by atoms with Crippen LogP contribution >= 0.6 is 0 Å². The molecule has 2 aromatic heterocycles. The van der Waals surface area contributed by atoms with Crippen molar-refractivity contribution in [1.29, 1.82) is 0 Å². The predicted octanol–water partition coefficient (Wildman–Crippen LogP) is 3.71. The fourth-order valence-corrected chi connectivity index (χ4v) is 6.96. The first-order chi connectivity index (χ1) is 19.1. The van der Waals surface area contributed by atoms with Crippen LogP contribution in [0.4, 0.5) is 13.2 Å². The molecule has 1 saturated carbocycles. The normalized spacial score (nSPS) is 28.3. The lowest BCUT2D eigenvalue weighted by molar-refractivity contribution is -0.136. The average molecular weight is 559 g/mol. The molecular weight excluding hydrogens is 521 g/mol. The molecule has 6 rings (SSSR count). The number of alkyl halides is 3. The van der Waals surface area contributed by atoms with Crippen LogP contribution in [0.15, 0.2) is 47.5 Å². The minimum atomic E-state index is -4.59. The van der Waals surface area contributed by atoms with Gasteiger partial charge in [0.25, 0.3) is 0 Å². The number of methoxy groups -OCH3 is 1. The molecular formula is C29H37F3N6O2. The van der Waals surface area contributed by atoms with Crippen molar-refractivity contribution in [3.05, 3.63) is 69.9 Å². The van der Waals surface area contributed by atoms with Crippen molar-refractivity contribution in [2.45, 2.75) is 63.0 Å². The molecule has 2 N–H and O–H groups in total. The third-order valence-electron chi connectivity index (χ3n) is 9.02. The number of rotatable bonds is 6. The van der Waals surface area contributed by atoms with E-state index in [1.807, 2.05) is 25.2 Å². The van der Waals surface area contributed by atoms with Gasteiger partial charge < -0.3 is 4.74 Å². The van der Waals surface area contributed by atoms with E-state index in [9.17, 15) is 18.0 Å². The number of aromatic nitrogens is 2. The van der Waals surface area contributed by atoms with Gasteiger partial charge in [-0.05, 0) is 74.5 Å². The van der Waals surface area contributed by atoms with E-state index in [0.717, 1.165) is 48.7 Å². The number of benzene rings is 1. The Kier molecular flexibility index (Phi) is 7.07. The molecule has 1 aliphatic carbocycles. The molecule has 2 atom stereocenters. The minimum absolute atomic E-state index is 0.0101. The van der Waals surface area contributed by atoms with Crippen LogP contribution < -0.4 is 16.5 Å². The molecule has 4 heterocycles. The summed E-state index contributed by atoms with van der Waals surface area (Å²) >= 11 is 0. The summed E-state index contributed by atoms with van der Waals surface area (Å²) < 4.78 is 50.9. The molecule has 0 radical (unpaired) electrons. The molecule has 1 unspecified atom stereocenters. The lowest BCUT2D eigenvalue weighted by Crippen LogP contribution is -2.61. The second kappa shape index (κ2) is 10.3. The number of likely N-dealkylation sites (tertiary alicyclic amines) is 1. The molecule has 0 spiro atoms. The van der Waals surface area contributed by atoms with E-state index in [0.29, 0.717) is 30.4 Å². The molecule has 0 bridgehead atoms. The maximum absolute atomic E-state index is 14.3. The van der Waals surface area contributed by atoms with E-state index >= 15 is 0 Å². The second-order valence-corrected chi connectivity index (χ2v) is 11.9. The summed E-state index contributed by atoms with van der Waals surface area (Å²) in [7, 11) is 3.75. The van der Waals surface area contributed by atoms with Crippen molar-refractivity contribution >= 4 is 5.52 Å². The Morgan fingerprint density at radius 3 is 2.65 bits per heavy atom. The van der Waals surface area contributed by atoms with Crippen molar-refractivity contribution in [3.8, 4) is 5.69 Å². The van der Waals surface area contributed by atoms with E-state index in [-0.39, 0.29) is 23.2 Å². The molecule has 216 valence electrons. The van der Waals surface area contributed by atoms with Crippen LogP contribution in [0.25, 0.3) is 11.2 Å². The zero-order valence-electron chi connectivity index (χ0n) is 23.2. The molecule has 8 nitrogen and oxygen atoms in total. The van der Waals surface area contributed by atoms with Crippen LogP contribution in [0.1, 0.15) is 49.3 Å². The fraction of sp³-hybridized carbons (Fsp3) is 0.552. The standard InChI is InChI=1S/C29H37F3N6O2/c1-19-6-5-9-36(14-19)15-20-10-24(29(30,31)32)25-17-37(27(39)38(25)16-20)22-8-4-7-21(11-22)28(12-23(13-28)40-3)26-34-33-18-35(26)2/h4,7-8,10-11,16-17,19,23,26,33-34H,5-6,9,12-15,18H2,1-3H3/t19-,23?,26?,28?/m0/s1. The Bertz CT molecular complexity index is 1440. The number of likely N-dealkylation sites (N-methyl/N-ethyl adjacent to an activating group) is 1. The van der Waals surface area contributed by atoms with Crippen LogP contribution in [-0.4, -0.2) is 65.0 Å². The Balaban J connectivity index is 1.41. The van der Waals surface area contributed by atoms with Crippen molar-refractivity contribution in [2.75, 3.05) is 33.9 Å². The van der Waals surface area contributed by atoms with Gasteiger partial charge in [-0.2, -0.15) is 13.2 Å². The van der Waals surface area contributed by atoms with E-state index in [1.165, 1.54) is 16.8 Å². The number of nitrogens with zero attached hydrogens (tertiary/aromatic N) is 4. The topological polar surface area (TPSA) is 66.2 Å². The zero-order valence-corrected chi connectivity index (χ0v) is 23.2. The number of piperidine rings is 1. The van der Waals surface area contributed by atoms with Crippen molar-refractivity contribution in [3.63, 3.8) is 0 Å². The molecule has 0 amide bonds. The summed E-state index contributed by atoms with van der Waals surface area (Å²) in [6, 6.07) is 8.82. The van der Waals surface area contributed by atoms with E-state index in [2.05, 4.69) is 27.6 Å². The summed E-state index contributed by atoms with van der Waals surface area (Å²) in [5.74, 6) is 0.504. The van der Waals surface area contributed by atoms with Crippen LogP contribution in [0.2, 0.25) is 0 Å². The highest BCUT2D eigenvalue weighted by Gasteiger charge is 2.53. The summed E-state index contributed by atoms with van der Waals surface area (Å²) in [5.41, 5.74) is 6.90. The Morgan fingerprint density at radius 1 is 1.18 bits per heavy atom. The van der Waals surface area contributed by atoms with Crippen molar-refractivity contribution in [1.82, 2.24) is 29.6 Å². The van der Waals surface area contributed by atoms with Gasteiger partial charge in [-0.3, -0.25) is 18.8 Å². The number of nitrogens with one attached hydrogen (secondary N) is 2. The fourth-order valence-electron chi connectivity index (χ4n) is 6.96. The molecule has 40 heavy (non-hydrogen) atoms. The number of imidazole rings is 1. The summed E-state index contributed by atoms with van der Waals surface area (Å²) in [6.07, 6.45) is 2.17. The van der Waals surface area contributed by atoms with Crippen LogP contribution in [0.5, 0.6) is 0 Å². The van der Waals surface area contributed by atoms with Gasteiger partial charge in [0.2, 0.25) is 0 Å². The first kappa shape index (κ1) is 27.5. The van der Waals surface area contributed by atoms with Gasteiger partial charge in [-0.25, -0.2) is 15.6 Å². The molecule has 11 heteroatoms. The second-order valence-electron chi connectivity index (χ2n) is 11.9. The third-order valence-corrected chi connectivity index (χ3v) is 9.02. The maximum atomic E-state index is 14.3. The Hall–Kier alpha value is -2.70. The molecule has 2 saturated heterocycles. The summed E-state index contributed by atoms with van der Waals surface area (Å²) in [6.45, 7) is 4.92. The third kappa shape index (κ3) is 4.77. The lowest BCUT2D eigenvalue weighted by atomic mass is 9.60. The van der Waals surface area contributed by atoms with Gasteiger partial charge in [-0.1, -0.05) is 19.1 Å². The van der Waals surface area contributed by atoms with E-state index < -0.39 is 17.4 Å². The molecule has 1 aromatic carbocycles. The quantitative estimate of drug-likeness (QED) is 0.481. The molecule has 3 aromatic rings. The number of hydrogen-bond donors (Lipinski definition) is 2. The highest BCUT2D eigenvalue weighted by atomic mass is 19.4. The number of ether oxygens (including phenoxy) is 1. The van der Waals surface area contributed by atoms with Crippen LogP contribution in [-0.2, 0) is 22.9 Å². The molecule has 3 aliphatic rings. The zero-order chi connectivity index (χ0) is 28.2. The van der Waals surface area contributed by atoms with Crippen LogP contribution in [0, 0.1) is 5.92 Å². The Labute approximate surface area is 231 Å². The van der Waals surface area contributed by atoms with E-state index in [4.69, 9.17) is 4.74 Å². The number of hydrogen-bond acceptors (Lipinski definition) is 6. The maximum Gasteiger partial charge on any atom is 0.418 e. The van der Waals surface area contributed by atoms with E-state index in [1.54, 1.807) is 19.4 Å². The average Bonchev–Trinajstić information content (AvgIpc) is 3.46. The number of halogens is 3.